The highest BCUT2D eigenvalue weighted by Crippen LogP contribution is 2.25. The summed E-state index contributed by atoms with van der Waals surface area (Å²) in [6.07, 6.45) is 3.02. The van der Waals surface area contributed by atoms with Crippen LogP contribution < -0.4 is 4.72 Å². The second-order valence-electron chi connectivity index (χ2n) is 5.19. The van der Waals surface area contributed by atoms with E-state index in [1.807, 2.05) is 6.92 Å². The molecule has 1 fully saturated rings. The van der Waals surface area contributed by atoms with Gasteiger partial charge in [-0.15, -0.1) is 0 Å². The Bertz CT molecular complexity index is 646. The van der Waals surface area contributed by atoms with Crippen molar-refractivity contribution in [3.8, 4) is 0 Å². The third kappa shape index (κ3) is 3.39. The number of nitrogens with one attached hydrogen (secondary N) is 1. The van der Waals surface area contributed by atoms with Gasteiger partial charge in [-0.1, -0.05) is 11.6 Å². The first-order valence-electron chi connectivity index (χ1n) is 6.91. The lowest BCUT2D eigenvalue weighted by Gasteiger charge is -2.33. The minimum Gasteiger partial charge on any atom is -0.336 e. The largest absolute Gasteiger partial charge is 0.336 e. The molecule has 1 heterocycles. The van der Waals surface area contributed by atoms with Gasteiger partial charge in [0.2, 0.25) is 10.0 Å². The number of piperidine rings is 1. The van der Waals surface area contributed by atoms with E-state index in [0.717, 1.165) is 19.3 Å². The van der Waals surface area contributed by atoms with Crippen LogP contribution in [0.4, 0.5) is 0 Å². The molecule has 1 aromatic rings. The van der Waals surface area contributed by atoms with Crippen molar-refractivity contribution in [1.82, 2.24) is 9.62 Å². The molecule has 1 aliphatic heterocycles. The SMILES string of the molecule is CNS(=O)(=O)c1ccc(Cl)c(C(=O)N2CCCCC2C)c1. The number of amides is 1. The van der Waals surface area contributed by atoms with E-state index in [4.69, 9.17) is 11.6 Å². The van der Waals surface area contributed by atoms with Crippen LogP contribution in [0.1, 0.15) is 36.5 Å². The summed E-state index contributed by atoms with van der Waals surface area (Å²) in [5.74, 6) is -0.208. The van der Waals surface area contributed by atoms with Crippen molar-refractivity contribution in [3.63, 3.8) is 0 Å². The average molecular weight is 331 g/mol. The predicted molar refractivity (Wildman–Crippen MR) is 82.0 cm³/mol. The Balaban J connectivity index is 2.39. The molecule has 5 nitrogen and oxygen atoms in total. The summed E-state index contributed by atoms with van der Waals surface area (Å²) in [4.78, 5) is 14.4. The molecule has 1 N–H and O–H groups in total. The van der Waals surface area contributed by atoms with Crippen LogP contribution in [0.3, 0.4) is 0 Å². The van der Waals surface area contributed by atoms with Crippen LogP contribution in [0.15, 0.2) is 23.1 Å². The number of carbonyl (C=O) groups excluding carboxylic acids is 1. The second kappa shape index (κ2) is 6.34. The number of rotatable bonds is 3. The zero-order valence-electron chi connectivity index (χ0n) is 12.1. The monoisotopic (exact) mass is 330 g/mol. The molecule has 0 saturated carbocycles. The molecule has 1 unspecified atom stereocenters. The van der Waals surface area contributed by atoms with E-state index < -0.39 is 10.0 Å². The van der Waals surface area contributed by atoms with E-state index in [1.165, 1.54) is 25.2 Å². The van der Waals surface area contributed by atoms with Gasteiger partial charge in [0.05, 0.1) is 15.5 Å². The number of carbonyl (C=O) groups is 1. The fraction of sp³-hybridized carbons (Fsp3) is 0.500. The Labute approximate surface area is 130 Å². The lowest BCUT2D eigenvalue weighted by Crippen LogP contribution is -2.42. The summed E-state index contributed by atoms with van der Waals surface area (Å²) < 4.78 is 25.9. The van der Waals surface area contributed by atoms with Crippen molar-refractivity contribution in [2.75, 3.05) is 13.6 Å². The normalized spacial score (nSPS) is 19.6. The van der Waals surface area contributed by atoms with Crippen LogP contribution in [-0.2, 0) is 10.0 Å². The molecule has 0 spiro atoms. The number of halogens is 1. The number of nitrogens with zero attached hydrogens (tertiary/aromatic N) is 1. The Morgan fingerprint density at radius 1 is 1.38 bits per heavy atom. The molecule has 2 rings (SSSR count). The van der Waals surface area contributed by atoms with Crippen molar-refractivity contribution in [2.45, 2.75) is 37.1 Å². The maximum Gasteiger partial charge on any atom is 0.255 e. The van der Waals surface area contributed by atoms with E-state index in [2.05, 4.69) is 4.72 Å². The minimum absolute atomic E-state index is 0.0439. The van der Waals surface area contributed by atoms with Gasteiger partial charge >= 0.3 is 0 Å². The molecule has 1 atom stereocenters. The fourth-order valence-corrected chi connectivity index (χ4v) is 3.46. The fourth-order valence-electron chi connectivity index (χ4n) is 2.51. The van der Waals surface area contributed by atoms with Crippen molar-refractivity contribution in [1.29, 1.82) is 0 Å². The van der Waals surface area contributed by atoms with Crippen molar-refractivity contribution < 1.29 is 13.2 Å². The maximum atomic E-state index is 12.6. The summed E-state index contributed by atoms with van der Waals surface area (Å²) in [7, 11) is -2.26. The third-order valence-electron chi connectivity index (χ3n) is 3.81. The van der Waals surface area contributed by atoms with E-state index >= 15 is 0 Å². The highest BCUT2D eigenvalue weighted by molar-refractivity contribution is 7.89. The molecular formula is C14H19ClN2O3S. The zero-order chi connectivity index (χ0) is 15.6. The summed E-state index contributed by atoms with van der Waals surface area (Å²) >= 11 is 6.09. The molecule has 1 saturated heterocycles. The maximum absolute atomic E-state index is 12.6. The highest BCUT2D eigenvalue weighted by atomic mass is 35.5. The number of likely N-dealkylation sites (tertiary alicyclic amines) is 1. The quantitative estimate of drug-likeness (QED) is 0.924. The molecule has 7 heteroatoms. The molecule has 21 heavy (non-hydrogen) atoms. The van der Waals surface area contributed by atoms with E-state index in [1.54, 1.807) is 4.90 Å². The summed E-state index contributed by atoms with van der Waals surface area (Å²) in [5, 5.41) is 0.271. The Morgan fingerprint density at radius 3 is 2.71 bits per heavy atom. The topological polar surface area (TPSA) is 66.5 Å². The number of benzene rings is 1. The first-order valence-corrected chi connectivity index (χ1v) is 8.77. The van der Waals surface area contributed by atoms with Crippen LogP contribution in [-0.4, -0.2) is 38.9 Å². The van der Waals surface area contributed by atoms with Crippen molar-refractivity contribution in [3.05, 3.63) is 28.8 Å². The first-order chi connectivity index (χ1) is 9.86. The van der Waals surface area contributed by atoms with Gasteiger partial charge in [-0.3, -0.25) is 4.79 Å². The molecular weight excluding hydrogens is 312 g/mol. The lowest BCUT2D eigenvalue weighted by atomic mass is 10.0. The van der Waals surface area contributed by atoms with Gasteiger partial charge in [0.25, 0.3) is 5.91 Å². The van der Waals surface area contributed by atoms with E-state index in [9.17, 15) is 13.2 Å². The average Bonchev–Trinajstić information content (AvgIpc) is 2.47. The molecule has 1 aliphatic rings. The summed E-state index contributed by atoms with van der Waals surface area (Å²) in [6.45, 7) is 2.68. The van der Waals surface area contributed by atoms with E-state index in [-0.39, 0.29) is 27.4 Å². The van der Waals surface area contributed by atoms with Crippen LogP contribution in [0, 0.1) is 0 Å². The van der Waals surface area contributed by atoms with Crippen molar-refractivity contribution in [2.24, 2.45) is 0 Å². The number of hydrogen-bond acceptors (Lipinski definition) is 3. The Kier molecular flexibility index (Phi) is 4.91. The summed E-state index contributed by atoms with van der Waals surface area (Å²) in [6, 6.07) is 4.34. The minimum atomic E-state index is -3.59. The first kappa shape index (κ1) is 16.3. The Morgan fingerprint density at radius 2 is 2.10 bits per heavy atom. The molecule has 116 valence electrons. The van der Waals surface area contributed by atoms with Gasteiger partial charge in [-0.2, -0.15) is 0 Å². The molecule has 1 amide bonds. The standard InChI is InChI=1S/C14H19ClN2O3S/c1-10-5-3-4-8-17(10)14(18)12-9-11(6-7-13(12)15)21(19,20)16-2/h6-7,9-10,16H,3-5,8H2,1-2H3. The molecule has 0 aliphatic carbocycles. The van der Waals surface area contributed by atoms with Gasteiger partial charge in [0.1, 0.15) is 0 Å². The number of hydrogen-bond donors (Lipinski definition) is 1. The molecule has 1 aromatic carbocycles. The van der Waals surface area contributed by atoms with Crippen LogP contribution >= 0.6 is 11.6 Å². The molecule has 0 bridgehead atoms. The highest BCUT2D eigenvalue weighted by Gasteiger charge is 2.26. The summed E-state index contributed by atoms with van der Waals surface area (Å²) in [5.41, 5.74) is 0.238. The van der Waals surface area contributed by atoms with E-state index in [0.29, 0.717) is 6.54 Å². The number of sulfonamides is 1. The van der Waals surface area contributed by atoms with Crippen LogP contribution in [0.5, 0.6) is 0 Å². The molecule has 0 radical (unpaired) electrons. The Hall–Kier alpha value is -1.11. The van der Waals surface area contributed by atoms with Gasteiger partial charge < -0.3 is 4.90 Å². The van der Waals surface area contributed by atoms with Gasteiger partial charge in [0, 0.05) is 12.6 Å². The van der Waals surface area contributed by atoms with Crippen molar-refractivity contribution >= 4 is 27.5 Å². The van der Waals surface area contributed by atoms with Crippen LogP contribution in [0.2, 0.25) is 5.02 Å². The van der Waals surface area contributed by atoms with Gasteiger partial charge in [-0.05, 0) is 51.4 Å². The zero-order valence-corrected chi connectivity index (χ0v) is 13.7. The predicted octanol–water partition coefficient (Wildman–Crippen LogP) is 2.26. The van der Waals surface area contributed by atoms with Crippen LogP contribution in [0.25, 0.3) is 0 Å². The van der Waals surface area contributed by atoms with Gasteiger partial charge in [0.15, 0.2) is 0 Å². The lowest BCUT2D eigenvalue weighted by molar-refractivity contribution is 0.0635. The third-order valence-corrected chi connectivity index (χ3v) is 5.55. The second-order valence-corrected chi connectivity index (χ2v) is 7.49. The molecule has 0 aromatic heterocycles. The van der Waals surface area contributed by atoms with Gasteiger partial charge in [-0.25, -0.2) is 13.1 Å². The smallest absolute Gasteiger partial charge is 0.255 e.